The van der Waals surface area contributed by atoms with Gasteiger partial charge in [-0.1, -0.05) is 6.92 Å². The number of rotatable bonds is 1. The van der Waals surface area contributed by atoms with Gasteiger partial charge >= 0.3 is 6.03 Å². The van der Waals surface area contributed by atoms with Gasteiger partial charge in [0, 0.05) is 33.2 Å². The quantitative estimate of drug-likeness (QED) is 0.755. The Bertz CT molecular complexity index is 237. The molecule has 2 heterocycles. The number of hydrogen-bond donors (Lipinski definition) is 1. The Morgan fingerprint density at radius 2 is 1.88 bits per heavy atom. The lowest BCUT2D eigenvalue weighted by molar-refractivity contribution is 0.116. The smallest absolute Gasteiger partial charge is 0.320 e. The molecular weight excluding hydrogens is 226 g/mol. The number of nitrogens with one attached hydrogen (secondary N) is 1. The highest BCUT2D eigenvalue weighted by atomic mass is 35.5. The lowest BCUT2D eigenvalue weighted by atomic mass is 9.99. The molecule has 0 aromatic carbocycles. The summed E-state index contributed by atoms with van der Waals surface area (Å²) >= 11 is 0. The molecule has 94 valence electrons. The number of piperidine rings is 1. The first-order valence-electron chi connectivity index (χ1n) is 5.91. The first-order valence-corrected chi connectivity index (χ1v) is 5.91. The number of hydrogen-bond acceptors (Lipinski definition) is 2. The lowest BCUT2D eigenvalue weighted by Gasteiger charge is -2.40. The fraction of sp³-hybridized carbons (Fsp3) is 0.909. The molecule has 2 saturated heterocycles. The molecule has 0 bridgehead atoms. The van der Waals surface area contributed by atoms with Gasteiger partial charge in [-0.25, -0.2) is 4.79 Å². The predicted molar refractivity (Wildman–Crippen MR) is 67.0 cm³/mol. The number of nitrogens with zero attached hydrogens (tertiary/aromatic N) is 2. The Morgan fingerprint density at radius 3 is 2.31 bits per heavy atom. The highest BCUT2D eigenvalue weighted by Gasteiger charge is 2.29. The molecule has 2 amide bonds. The molecule has 0 atom stereocenters. The molecule has 1 N–H and O–H groups in total. The summed E-state index contributed by atoms with van der Waals surface area (Å²) in [6.45, 7) is 6.04. The Morgan fingerprint density at radius 1 is 1.31 bits per heavy atom. The van der Waals surface area contributed by atoms with E-state index < -0.39 is 0 Å². The molecule has 2 aliphatic heterocycles. The van der Waals surface area contributed by atoms with E-state index in [1.807, 2.05) is 16.8 Å². The highest BCUT2D eigenvalue weighted by Crippen LogP contribution is 2.17. The van der Waals surface area contributed by atoms with E-state index in [1.165, 1.54) is 0 Å². The minimum absolute atomic E-state index is 0. The standard InChI is InChI=1S/C11H21N3O.ClH/c1-9-3-5-14(6-4-9)11(15)13(2)10-7-12-8-10;/h9-10,12H,3-8H2,1-2H3;1H. The topological polar surface area (TPSA) is 35.6 Å². The third-order valence-electron chi connectivity index (χ3n) is 3.66. The number of urea groups is 1. The maximum atomic E-state index is 12.1. The van der Waals surface area contributed by atoms with E-state index in [9.17, 15) is 4.79 Å². The van der Waals surface area contributed by atoms with E-state index in [4.69, 9.17) is 0 Å². The van der Waals surface area contributed by atoms with E-state index >= 15 is 0 Å². The summed E-state index contributed by atoms with van der Waals surface area (Å²) in [4.78, 5) is 16.0. The first-order chi connectivity index (χ1) is 7.18. The average molecular weight is 248 g/mol. The van der Waals surface area contributed by atoms with Gasteiger partial charge in [0.1, 0.15) is 0 Å². The summed E-state index contributed by atoms with van der Waals surface area (Å²) in [7, 11) is 1.92. The molecule has 4 nitrogen and oxygen atoms in total. The second-order valence-corrected chi connectivity index (χ2v) is 4.88. The number of carbonyl (C=O) groups is 1. The van der Waals surface area contributed by atoms with Gasteiger partial charge in [-0.3, -0.25) is 0 Å². The van der Waals surface area contributed by atoms with Gasteiger partial charge in [0.15, 0.2) is 0 Å². The molecule has 5 heteroatoms. The van der Waals surface area contributed by atoms with Crippen molar-refractivity contribution in [3.05, 3.63) is 0 Å². The monoisotopic (exact) mass is 247 g/mol. The van der Waals surface area contributed by atoms with Crippen molar-refractivity contribution in [3.63, 3.8) is 0 Å². The maximum absolute atomic E-state index is 12.1. The Kier molecular flexibility index (Phi) is 4.87. The average Bonchev–Trinajstić information content (AvgIpc) is 2.15. The largest absolute Gasteiger partial charge is 0.325 e. The third kappa shape index (κ3) is 2.80. The van der Waals surface area contributed by atoms with Crippen LogP contribution in [-0.4, -0.2) is 55.1 Å². The molecule has 0 unspecified atom stereocenters. The molecule has 0 aromatic rings. The van der Waals surface area contributed by atoms with E-state index in [1.54, 1.807) is 0 Å². The van der Waals surface area contributed by atoms with Gasteiger partial charge in [-0.15, -0.1) is 12.4 Å². The van der Waals surface area contributed by atoms with Crippen LogP contribution >= 0.6 is 12.4 Å². The summed E-state index contributed by atoms with van der Waals surface area (Å²) in [5.74, 6) is 0.782. The molecule has 0 saturated carbocycles. The molecule has 0 radical (unpaired) electrons. The fourth-order valence-corrected chi connectivity index (χ4v) is 2.13. The van der Waals surface area contributed by atoms with Crippen LogP contribution in [0.1, 0.15) is 19.8 Å². The molecule has 2 fully saturated rings. The summed E-state index contributed by atoms with van der Waals surface area (Å²) in [6.07, 6.45) is 2.31. The van der Waals surface area contributed by atoms with Gasteiger partial charge in [-0.2, -0.15) is 0 Å². The zero-order chi connectivity index (χ0) is 10.8. The van der Waals surface area contributed by atoms with Crippen molar-refractivity contribution in [2.24, 2.45) is 5.92 Å². The number of likely N-dealkylation sites (N-methyl/N-ethyl adjacent to an activating group) is 1. The number of halogens is 1. The van der Waals surface area contributed by atoms with Crippen molar-refractivity contribution in [2.75, 3.05) is 33.2 Å². The molecule has 16 heavy (non-hydrogen) atoms. The van der Waals surface area contributed by atoms with Crippen LogP contribution in [0.3, 0.4) is 0 Å². The van der Waals surface area contributed by atoms with Crippen molar-refractivity contribution < 1.29 is 4.79 Å². The minimum Gasteiger partial charge on any atom is -0.325 e. The molecular formula is C11H22ClN3O. The van der Waals surface area contributed by atoms with E-state index in [0.29, 0.717) is 6.04 Å². The fourth-order valence-electron chi connectivity index (χ4n) is 2.13. The number of carbonyl (C=O) groups excluding carboxylic acids is 1. The molecule has 2 aliphatic rings. The Balaban J connectivity index is 0.00000128. The second kappa shape index (κ2) is 5.73. The first kappa shape index (κ1) is 13.6. The maximum Gasteiger partial charge on any atom is 0.320 e. The molecule has 2 rings (SSSR count). The minimum atomic E-state index is 0. The molecule has 0 aliphatic carbocycles. The normalized spacial score (nSPS) is 22.2. The van der Waals surface area contributed by atoms with Crippen molar-refractivity contribution in [1.82, 2.24) is 15.1 Å². The van der Waals surface area contributed by atoms with Crippen LogP contribution < -0.4 is 5.32 Å². The van der Waals surface area contributed by atoms with E-state index in [0.717, 1.165) is 44.9 Å². The molecule has 0 spiro atoms. The van der Waals surface area contributed by atoms with Gasteiger partial charge in [0.2, 0.25) is 0 Å². The summed E-state index contributed by atoms with van der Waals surface area (Å²) in [5, 5.41) is 3.19. The van der Waals surface area contributed by atoms with Crippen molar-refractivity contribution in [3.8, 4) is 0 Å². The summed E-state index contributed by atoms with van der Waals surface area (Å²) < 4.78 is 0. The van der Waals surface area contributed by atoms with E-state index in [2.05, 4.69) is 12.2 Å². The predicted octanol–water partition coefficient (Wildman–Crippen LogP) is 1.16. The Labute approximate surface area is 104 Å². The van der Waals surface area contributed by atoms with Crippen molar-refractivity contribution >= 4 is 18.4 Å². The van der Waals surface area contributed by atoms with Crippen LogP contribution in [0.5, 0.6) is 0 Å². The van der Waals surface area contributed by atoms with Gasteiger partial charge in [0.05, 0.1) is 6.04 Å². The van der Waals surface area contributed by atoms with Crippen molar-refractivity contribution in [2.45, 2.75) is 25.8 Å². The number of likely N-dealkylation sites (tertiary alicyclic amines) is 1. The number of amides is 2. The van der Waals surface area contributed by atoms with Gasteiger partial charge < -0.3 is 15.1 Å². The van der Waals surface area contributed by atoms with Crippen LogP contribution in [0.15, 0.2) is 0 Å². The van der Waals surface area contributed by atoms with Crippen LogP contribution in [0, 0.1) is 5.92 Å². The van der Waals surface area contributed by atoms with Crippen LogP contribution in [0.2, 0.25) is 0 Å². The Hall–Kier alpha value is -0.480. The van der Waals surface area contributed by atoms with Crippen LogP contribution in [-0.2, 0) is 0 Å². The summed E-state index contributed by atoms with van der Waals surface area (Å²) in [6, 6.07) is 0.630. The zero-order valence-electron chi connectivity index (χ0n) is 10.1. The van der Waals surface area contributed by atoms with Crippen LogP contribution in [0.25, 0.3) is 0 Å². The lowest BCUT2D eigenvalue weighted by Crippen LogP contribution is -2.60. The second-order valence-electron chi connectivity index (χ2n) is 4.88. The highest BCUT2D eigenvalue weighted by molar-refractivity contribution is 5.85. The third-order valence-corrected chi connectivity index (χ3v) is 3.66. The molecule has 0 aromatic heterocycles. The zero-order valence-corrected chi connectivity index (χ0v) is 10.9. The van der Waals surface area contributed by atoms with Crippen LogP contribution in [0.4, 0.5) is 4.79 Å². The van der Waals surface area contributed by atoms with E-state index in [-0.39, 0.29) is 18.4 Å². The SMILES string of the molecule is CC1CCN(C(=O)N(C)C2CNC2)CC1.Cl. The van der Waals surface area contributed by atoms with Crippen molar-refractivity contribution in [1.29, 1.82) is 0 Å². The van der Waals surface area contributed by atoms with Gasteiger partial charge in [-0.05, 0) is 18.8 Å². The summed E-state index contributed by atoms with van der Waals surface area (Å²) in [5.41, 5.74) is 0. The van der Waals surface area contributed by atoms with Gasteiger partial charge in [0.25, 0.3) is 0 Å².